The topological polar surface area (TPSA) is 161 Å². The molecule has 0 atom stereocenters. The van der Waals surface area contributed by atoms with Crippen molar-refractivity contribution in [3.8, 4) is 0 Å². The van der Waals surface area contributed by atoms with E-state index in [1.807, 2.05) is 0 Å². The van der Waals surface area contributed by atoms with Crippen molar-refractivity contribution in [3.05, 3.63) is 66.7 Å². The van der Waals surface area contributed by atoms with Crippen LogP contribution in [-0.2, 0) is 9.59 Å². The Balaban J connectivity index is 2.29. The van der Waals surface area contributed by atoms with Gasteiger partial charge in [-0.05, 0) is 18.4 Å². The third kappa shape index (κ3) is 3.73. The van der Waals surface area contributed by atoms with Crippen molar-refractivity contribution in [2.45, 2.75) is 44.4 Å². The average Bonchev–Trinajstić information content (AvgIpc) is 2.65. The van der Waals surface area contributed by atoms with Gasteiger partial charge in [-0.25, -0.2) is 0 Å². The molecule has 0 spiro atoms. The first-order chi connectivity index (χ1) is 13.7. The van der Waals surface area contributed by atoms with E-state index in [2.05, 4.69) is 0 Å². The summed E-state index contributed by atoms with van der Waals surface area (Å²) in [6.07, 6.45) is 1.45. The van der Waals surface area contributed by atoms with Crippen molar-refractivity contribution in [2.75, 3.05) is 0 Å². The number of aliphatic hydroxyl groups excluding tert-OH is 2. The Morgan fingerprint density at radius 1 is 0.793 bits per heavy atom. The Morgan fingerprint density at radius 3 is 1.69 bits per heavy atom. The van der Waals surface area contributed by atoms with E-state index in [0.29, 0.717) is 12.8 Å². The summed E-state index contributed by atoms with van der Waals surface area (Å²) in [6.45, 7) is 0. The van der Waals surface area contributed by atoms with E-state index in [1.165, 1.54) is 6.07 Å². The number of benzene rings is 1. The van der Waals surface area contributed by atoms with Crippen LogP contribution < -0.4 is 0 Å². The van der Waals surface area contributed by atoms with E-state index in [4.69, 9.17) is 0 Å². The van der Waals surface area contributed by atoms with Crippen molar-refractivity contribution >= 4 is 22.9 Å². The van der Waals surface area contributed by atoms with E-state index in [0.717, 1.165) is 12.1 Å². The normalized spacial score (nSPS) is 17.8. The first kappa shape index (κ1) is 20.2. The number of nitro benzene ring substituents is 2. The van der Waals surface area contributed by atoms with Crippen LogP contribution in [0, 0.1) is 20.2 Å². The number of rotatable bonds is 5. The minimum absolute atomic E-state index is 0.0518. The standard InChI is InChI=1S/C19H18N2O8/c22-13-3-1-4-14(23)18(13)17(19-15(24)5-2-6-16(19)25)10-7-8-11(20(26)27)12(9-10)21(28)29/h7-9,17,22,24H,1-6H2. The molecule has 2 N–H and O–H groups in total. The molecule has 2 aliphatic rings. The second kappa shape index (κ2) is 7.82. The largest absolute Gasteiger partial charge is 0.512 e. The smallest absolute Gasteiger partial charge is 0.346 e. The number of allylic oxidation sites excluding steroid dienone is 4. The highest BCUT2D eigenvalue weighted by molar-refractivity contribution is 6.05. The molecule has 0 fully saturated rings. The third-order valence-corrected chi connectivity index (χ3v) is 5.16. The Labute approximate surface area is 164 Å². The number of nitro groups is 2. The molecular formula is C19H18N2O8. The van der Waals surface area contributed by atoms with Gasteiger partial charge in [0.25, 0.3) is 0 Å². The lowest BCUT2D eigenvalue weighted by Crippen LogP contribution is -2.25. The minimum atomic E-state index is -1.23. The van der Waals surface area contributed by atoms with Gasteiger partial charge in [-0.1, -0.05) is 6.07 Å². The molecule has 3 rings (SSSR count). The van der Waals surface area contributed by atoms with Gasteiger partial charge in [0.05, 0.1) is 21.4 Å². The van der Waals surface area contributed by atoms with E-state index in [9.17, 15) is 40.0 Å². The number of hydrogen-bond acceptors (Lipinski definition) is 8. The summed E-state index contributed by atoms with van der Waals surface area (Å²) in [5, 5.41) is 43.3. The molecule has 1 aromatic carbocycles. The Morgan fingerprint density at radius 2 is 1.28 bits per heavy atom. The van der Waals surface area contributed by atoms with Gasteiger partial charge in [0, 0.05) is 54.9 Å². The average molecular weight is 402 g/mol. The number of carbonyl (C=O) groups excluding carboxylic acids is 2. The van der Waals surface area contributed by atoms with Crippen molar-refractivity contribution in [2.24, 2.45) is 0 Å². The van der Waals surface area contributed by atoms with Crippen LogP contribution in [-0.4, -0.2) is 31.6 Å². The summed E-state index contributed by atoms with van der Waals surface area (Å²) in [5.74, 6) is -2.58. The molecule has 0 bridgehead atoms. The van der Waals surface area contributed by atoms with Crippen LogP contribution in [0.5, 0.6) is 0 Å². The zero-order chi connectivity index (χ0) is 21.3. The molecule has 10 heteroatoms. The SMILES string of the molecule is O=C1CCCC(O)=C1C(C1=C(O)CCCC1=O)c1ccc([N+](=O)[O-])c([N+](=O)[O-])c1. The van der Waals surface area contributed by atoms with Crippen molar-refractivity contribution in [3.63, 3.8) is 0 Å². The molecule has 2 aliphatic carbocycles. The highest BCUT2D eigenvalue weighted by atomic mass is 16.6. The summed E-state index contributed by atoms with van der Waals surface area (Å²) in [5.41, 5.74) is -1.69. The molecule has 1 aromatic rings. The summed E-state index contributed by atoms with van der Waals surface area (Å²) >= 11 is 0. The van der Waals surface area contributed by atoms with Crippen molar-refractivity contribution in [1.29, 1.82) is 0 Å². The lowest BCUT2D eigenvalue weighted by Gasteiger charge is -2.28. The molecule has 10 nitrogen and oxygen atoms in total. The number of nitrogens with zero attached hydrogens (tertiary/aromatic N) is 2. The predicted molar refractivity (Wildman–Crippen MR) is 99.5 cm³/mol. The maximum atomic E-state index is 12.6. The van der Waals surface area contributed by atoms with Crippen LogP contribution in [0.4, 0.5) is 11.4 Å². The summed E-state index contributed by atoms with van der Waals surface area (Å²) in [4.78, 5) is 45.8. The van der Waals surface area contributed by atoms with Gasteiger partial charge in [0.15, 0.2) is 11.6 Å². The van der Waals surface area contributed by atoms with Crippen LogP contribution in [0.2, 0.25) is 0 Å². The second-order valence-corrected chi connectivity index (χ2v) is 6.97. The summed E-state index contributed by atoms with van der Waals surface area (Å²) in [7, 11) is 0. The van der Waals surface area contributed by atoms with E-state index in [1.54, 1.807) is 0 Å². The number of aliphatic hydroxyl groups is 2. The maximum Gasteiger partial charge on any atom is 0.346 e. The van der Waals surface area contributed by atoms with E-state index < -0.39 is 38.7 Å². The fourth-order valence-corrected chi connectivity index (χ4v) is 3.85. The van der Waals surface area contributed by atoms with Crippen LogP contribution in [0.3, 0.4) is 0 Å². The molecule has 152 valence electrons. The van der Waals surface area contributed by atoms with Gasteiger partial charge in [-0.15, -0.1) is 0 Å². The van der Waals surface area contributed by atoms with E-state index >= 15 is 0 Å². The zero-order valence-corrected chi connectivity index (χ0v) is 15.3. The van der Waals surface area contributed by atoms with Crippen LogP contribution in [0.25, 0.3) is 0 Å². The molecule has 0 unspecified atom stereocenters. The Kier molecular flexibility index (Phi) is 5.44. The van der Waals surface area contributed by atoms with Gasteiger partial charge in [0.2, 0.25) is 0 Å². The fraction of sp³-hybridized carbons (Fsp3) is 0.368. The van der Waals surface area contributed by atoms with Crippen LogP contribution >= 0.6 is 0 Å². The molecule has 0 amide bonds. The molecule has 0 aromatic heterocycles. The van der Waals surface area contributed by atoms with Crippen molar-refractivity contribution in [1.82, 2.24) is 0 Å². The summed E-state index contributed by atoms with van der Waals surface area (Å²) in [6, 6.07) is 3.06. The second-order valence-electron chi connectivity index (χ2n) is 6.97. The molecule has 0 heterocycles. The molecule has 0 saturated carbocycles. The Hall–Kier alpha value is -3.56. The van der Waals surface area contributed by atoms with Gasteiger partial charge in [0.1, 0.15) is 0 Å². The Bertz CT molecular complexity index is 950. The quantitative estimate of drug-likeness (QED) is 0.556. The highest BCUT2D eigenvalue weighted by Crippen LogP contribution is 2.43. The molecule has 0 radical (unpaired) electrons. The zero-order valence-electron chi connectivity index (χ0n) is 15.3. The molecule has 29 heavy (non-hydrogen) atoms. The van der Waals surface area contributed by atoms with E-state index in [-0.39, 0.29) is 53.9 Å². The van der Waals surface area contributed by atoms with Crippen LogP contribution in [0.1, 0.15) is 50.0 Å². The monoisotopic (exact) mass is 402 g/mol. The first-order valence-electron chi connectivity index (χ1n) is 9.05. The number of ketones is 2. The lowest BCUT2D eigenvalue weighted by molar-refractivity contribution is -0.422. The van der Waals surface area contributed by atoms with Gasteiger partial charge in [-0.2, -0.15) is 0 Å². The van der Waals surface area contributed by atoms with Crippen molar-refractivity contribution < 1.29 is 29.6 Å². The maximum absolute atomic E-state index is 12.6. The number of carbonyl (C=O) groups is 2. The minimum Gasteiger partial charge on any atom is -0.512 e. The predicted octanol–water partition coefficient (Wildman–Crippen LogP) is 3.72. The van der Waals surface area contributed by atoms with Crippen LogP contribution in [0.15, 0.2) is 40.9 Å². The fourth-order valence-electron chi connectivity index (χ4n) is 3.85. The number of Topliss-reactive ketones (excluding diaryl/α,β-unsaturated/α-hetero) is 2. The molecular weight excluding hydrogens is 384 g/mol. The van der Waals surface area contributed by atoms with Gasteiger partial charge in [-0.3, -0.25) is 29.8 Å². The number of hydrogen-bond donors (Lipinski definition) is 2. The lowest BCUT2D eigenvalue weighted by atomic mass is 9.74. The molecule has 0 aliphatic heterocycles. The highest BCUT2D eigenvalue weighted by Gasteiger charge is 2.38. The molecule has 0 saturated heterocycles. The van der Waals surface area contributed by atoms with Gasteiger partial charge < -0.3 is 10.2 Å². The first-order valence-corrected chi connectivity index (χ1v) is 9.05. The van der Waals surface area contributed by atoms with Gasteiger partial charge >= 0.3 is 11.4 Å². The summed E-state index contributed by atoms with van der Waals surface area (Å²) < 4.78 is 0. The third-order valence-electron chi connectivity index (χ3n) is 5.16.